The maximum absolute atomic E-state index is 11.9. The minimum absolute atomic E-state index is 0.132. The first-order chi connectivity index (χ1) is 10.9. The number of tetrazole rings is 1. The van der Waals surface area contributed by atoms with Crippen LogP contribution >= 0.6 is 23.8 Å². The molecule has 0 spiro atoms. The summed E-state index contributed by atoms with van der Waals surface area (Å²) in [5.41, 5.74) is 0.843. The van der Waals surface area contributed by atoms with E-state index in [0.717, 1.165) is 5.56 Å². The van der Waals surface area contributed by atoms with Crippen molar-refractivity contribution in [3.8, 4) is 0 Å². The number of hydrogen-bond donors (Lipinski definition) is 2. The van der Waals surface area contributed by atoms with Crippen LogP contribution in [0, 0.1) is 5.92 Å². The van der Waals surface area contributed by atoms with Crippen molar-refractivity contribution in [2.45, 2.75) is 26.8 Å². The first kappa shape index (κ1) is 17.3. The van der Waals surface area contributed by atoms with E-state index in [1.807, 2.05) is 0 Å². The summed E-state index contributed by atoms with van der Waals surface area (Å²) in [5.74, 6) is 0.421. The van der Waals surface area contributed by atoms with Gasteiger partial charge in [0.05, 0.1) is 13.0 Å². The Hall–Kier alpha value is -2.06. The lowest BCUT2D eigenvalue weighted by Gasteiger charge is -2.06. The molecule has 1 heterocycles. The molecule has 2 rings (SSSR count). The van der Waals surface area contributed by atoms with Gasteiger partial charge in [-0.3, -0.25) is 10.1 Å². The second-order valence-electron chi connectivity index (χ2n) is 5.37. The van der Waals surface area contributed by atoms with Crippen molar-refractivity contribution in [3.63, 3.8) is 0 Å². The molecule has 23 heavy (non-hydrogen) atoms. The molecule has 0 fully saturated rings. The molecule has 0 aliphatic heterocycles. The molecule has 122 valence electrons. The lowest BCUT2D eigenvalue weighted by atomic mass is 10.1. The van der Waals surface area contributed by atoms with Crippen LogP contribution in [0.15, 0.2) is 24.3 Å². The van der Waals surface area contributed by atoms with Gasteiger partial charge in [-0.1, -0.05) is 42.7 Å². The first-order valence-corrected chi connectivity index (χ1v) is 7.84. The summed E-state index contributed by atoms with van der Waals surface area (Å²) in [7, 11) is 0. The fourth-order valence-corrected chi connectivity index (χ4v) is 2.12. The fourth-order valence-electron chi connectivity index (χ4n) is 1.79. The predicted octanol–water partition coefficient (Wildman–Crippen LogP) is 2.04. The molecule has 0 saturated carbocycles. The number of carbonyl (C=O) groups is 1. The predicted molar refractivity (Wildman–Crippen MR) is 92.2 cm³/mol. The largest absolute Gasteiger partial charge is 0.303 e. The van der Waals surface area contributed by atoms with Crippen molar-refractivity contribution in [2.75, 3.05) is 5.32 Å². The number of nitrogens with zero attached hydrogens (tertiary/aromatic N) is 4. The van der Waals surface area contributed by atoms with Gasteiger partial charge in [0.1, 0.15) is 0 Å². The van der Waals surface area contributed by atoms with Gasteiger partial charge >= 0.3 is 0 Å². The Kier molecular flexibility index (Phi) is 6.00. The van der Waals surface area contributed by atoms with Crippen LogP contribution in [0.5, 0.6) is 0 Å². The minimum atomic E-state index is -0.237. The van der Waals surface area contributed by atoms with E-state index in [0.29, 0.717) is 17.5 Å². The van der Waals surface area contributed by atoms with Gasteiger partial charge in [0.15, 0.2) is 5.11 Å². The molecule has 1 aromatic heterocycles. The third-order valence-electron chi connectivity index (χ3n) is 2.74. The van der Waals surface area contributed by atoms with Gasteiger partial charge in [-0.2, -0.15) is 4.80 Å². The zero-order valence-corrected chi connectivity index (χ0v) is 14.4. The SMILES string of the molecule is CC(C)Cn1nnc(NC(=S)NC(=O)Cc2ccc(Cl)cc2)n1. The standard InChI is InChI=1S/C14H17ClN6OS/c1-9(2)8-21-19-13(18-20-21)17-14(23)16-12(22)7-10-3-5-11(15)6-4-10/h3-6,9H,7-8H2,1-2H3,(H2,16,17,19,22,23). The summed E-state index contributed by atoms with van der Waals surface area (Å²) in [5, 5.41) is 17.9. The Balaban J connectivity index is 1.83. The third kappa shape index (κ3) is 5.91. The minimum Gasteiger partial charge on any atom is -0.303 e. The van der Waals surface area contributed by atoms with Crippen LogP contribution in [0.4, 0.5) is 5.95 Å². The van der Waals surface area contributed by atoms with Crippen LogP contribution in [0.25, 0.3) is 0 Å². The van der Waals surface area contributed by atoms with Crippen molar-refractivity contribution in [1.82, 2.24) is 25.5 Å². The van der Waals surface area contributed by atoms with Crippen LogP contribution in [-0.2, 0) is 17.8 Å². The second kappa shape index (κ2) is 7.98. The van der Waals surface area contributed by atoms with E-state index in [2.05, 4.69) is 39.9 Å². The highest BCUT2D eigenvalue weighted by Gasteiger charge is 2.09. The van der Waals surface area contributed by atoms with Gasteiger partial charge < -0.3 is 5.32 Å². The fraction of sp³-hybridized carbons (Fsp3) is 0.357. The Labute approximate surface area is 144 Å². The molecule has 2 aromatic rings. The van der Waals surface area contributed by atoms with E-state index >= 15 is 0 Å². The highest BCUT2D eigenvalue weighted by Crippen LogP contribution is 2.09. The number of rotatable bonds is 5. The summed E-state index contributed by atoms with van der Waals surface area (Å²) in [6.45, 7) is 4.76. The Morgan fingerprint density at radius 3 is 2.70 bits per heavy atom. The average molecular weight is 353 g/mol. The molecule has 1 amide bonds. The molecule has 7 nitrogen and oxygen atoms in total. The van der Waals surface area contributed by atoms with Crippen LogP contribution < -0.4 is 10.6 Å². The normalized spacial score (nSPS) is 10.6. The topological polar surface area (TPSA) is 84.7 Å². The lowest BCUT2D eigenvalue weighted by molar-refractivity contribution is -0.119. The van der Waals surface area contributed by atoms with Gasteiger partial charge in [0.25, 0.3) is 5.95 Å². The van der Waals surface area contributed by atoms with Crippen molar-refractivity contribution < 1.29 is 4.79 Å². The van der Waals surface area contributed by atoms with Crippen LogP contribution in [-0.4, -0.2) is 31.2 Å². The molecule has 0 aliphatic rings. The number of anilines is 1. The maximum atomic E-state index is 11.9. The van der Waals surface area contributed by atoms with Gasteiger partial charge in [-0.05, 0) is 41.0 Å². The van der Waals surface area contributed by atoms with Crippen LogP contribution in [0.2, 0.25) is 5.02 Å². The Morgan fingerprint density at radius 2 is 2.04 bits per heavy atom. The number of nitrogens with one attached hydrogen (secondary N) is 2. The molecule has 9 heteroatoms. The quantitative estimate of drug-likeness (QED) is 0.801. The van der Waals surface area contributed by atoms with E-state index in [-0.39, 0.29) is 23.4 Å². The Morgan fingerprint density at radius 1 is 1.35 bits per heavy atom. The summed E-state index contributed by atoms with van der Waals surface area (Å²) < 4.78 is 0. The van der Waals surface area contributed by atoms with Crippen molar-refractivity contribution in [3.05, 3.63) is 34.9 Å². The van der Waals surface area contributed by atoms with E-state index < -0.39 is 0 Å². The Bertz CT molecular complexity index is 685. The molecular formula is C14H17ClN6OS. The average Bonchev–Trinajstić information content (AvgIpc) is 2.87. The molecule has 0 aliphatic carbocycles. The van der Waals surface area contributed by atoms with Gasteiger partial charge in [0, 0.05) is 5.02 Å². The van der Waals surface area contributed by atoms with Gasteiger partial charge in [-0.25, -0.2) is 0 Å². The van der Waals surface area contributed by atoms with Crippen molar-refractivity contribution in [2.24, 2.45) is 5.92 Å². The van der Waals surface area contributed by atoms with Crippen molar-refractivity contribution in [1.29, 1.82) is 0 Å². The summed E-state index contributed by atoms with van der Waals surface area (Å²) in [6.07, 6.45) is 0.201. The second-order valence-corrected chi connectivity index (χ2v) is 6.21. The molecule has 1 aromatic carbocycles. The number of aromatic nitrogens is 4. The zero-order chi connectivity index (χ0) is 16.8. The van der Waals surface area contributed by atoms with E-state index in [4.69, 9.17) is 23.8 Å². The number of halogens is 1. The first-order valence-electron chi connectivity index (χ1n) is 7.05. The maximum Gasteiger partial charge on any atom is 0.269 e. The van der Waals surface area contributed by atoms with Crippen molar-refractivity contribution >= 4 is 40.8 Å². The number of hydrogen-bond acceptors (Lipinski definition) is 5. The summed E-state index contributed by atoms with van der Waals surface area (Å²) >= 11 is 10.9. The summed E-state index contributed by atoms with van der Waals surface area (Å²) in [4.78, 5) is 13.4. The molecule has 0 bridgehead atoms. The lowest BCUT2D eigenvalue weighted by Crippen LogP contribution is -2.35. The molecule has 0 atom stereocenters. The highest BCUT2D eigenvalue weighted by molar-refractivity contribution is 7.80. The molecular weight excluding hydrogens is 336 g/mol. The molecule has 0 unspecified atom stereocenters. The van der Waals surface area contributed by atoms with Crippen LogP contribution in [0.3, 0.4) is 0 Å². The number of amides is 1. The number of carbonyl (C=O) groups excluding carboxylic acids is 1. The number of thiocarbonyl (C=S) groups is 1. The third-order valence-corrected chi connectivity index (χ3v) is 3.19. The number of benzene rings is 1. The van der Waals surface area contributed by atoms with Crippen LogP contribution in [0.1, 0.15) is 19.4 Å². The van der Waals surface area contributed by atoms with Gasteiger partial charge in [-0.15, -0.1) is 5.10 Å². The highest BCUT2D eigenvalue weighted by atomic mass is 35.5. The molecule has 0 radical (unpaired) electrons. The van der Waals surface area contributed by atoms with E-state index in [1.54, 1.807) is 24.3 Å². The summed E-state index contributed by atoms with van der Waals surface area (Å²) in [6, 6.07) is 7.05. The van der Waals surface area contributed by atoms with E-state index in [1.165, 1.54) is 4.80 Å². The zero-order valence-electron chi connectivity index (χ0n) is 12.8. The van der Waals surface area contributed by atoms with E-state index in [9.17, 15) is 4.79 Å². The monoisotopic (exact) mass is 352 g/mol. The molecule has 0 saturated heterocycles. The van der Waals surface area contributed by atoms with Gasteiger partial charge in [0.2, 0.25) is 5.91 Å². The smallest absolute Gasteiger partial charge is 0.269 e. The molecule has 2 N–H and O–H groups in total.